The summed E-state index contributed by atoms with van der Waals surface area (Å²) in [6.45, 7) is -0.0512. The average Bonchev–Trinajstić information content (AvgIpc) is 3.24. The maximum absolute atomic E-state index is 12.0. The molecule has 7 heteroatoms. The molecule has 0 saturated heterocycles. The molecule has 3 rings (SSSR count). The Bertz CT molecular complexity index is 810. The van der Waals surface area contributed by atoms with Gasteiger partial charge in [-0.05, 0) is 23.6 Å². The van der Waals surface area contributed by atoms with Crippen LogP contribution in [0.2, 0.25) is 0 Å². The van der Waals surface area contributed by atoms with Gasteiger partial charge >= 0.3 is 5.97 Å². The highest BCUT2D eigenvalue weighted by Crippen LogP contribution is 2.30. The highest BCUT2D eigenvalue weighted by atomic mass is 32.1. The van der Waals surface area contributed by atoms with Gasteiger partial charge in [-0.15, -0.1) is 11.3 Å². The summed E-state index contributed by atoms with van der Waals surface area (Å²) in [6.07, 6.45) is 1.44. The summed E-state index contributed by atoms with van der Waals surface area (Å²) < 4.78 is 15.5. The lowest BCUT2D eigenvalue weighted by Crippen LogP contribution is -2.06. The predicted octanol–water partition coefficient (Wildman–Crippen LogP) is 3.47. The Hall–Kier alpha value is -2.80. The molecule has 1 N–H and O–H groups in total. The second kappa shape index (κ2) is 6.53. The Kier molecular flexibility index (Phi) is 4.29. The number of esters is 1. The minimum absolute atomic E-state index is 0.0336. The first-order valence-corrected chi connectivity index (χ1v) is 7.58. The first kappa shape index (κ1) is 15.1. The molecule has 23 heavy (non-hydrogen) atoms. The van der Waals surface area contributed by atoms with Crippen molar-refractivity contribution in [2.24, 2.45) is 0 Å². The second-order valence-corrected chi connectivity index (χ2v) is 5.50. The molecule has 118 valence electrons. The molecule has 2 heterocycles. The van der Waals surface area contributed by atoms with Crippen LogP contribution in [-0.2, 0) is 11.3 Å². The zero-order valence-corrected chi connectivity index (χ0v) is 13.0. The number of hydrogen-bond acceptors (Lipinski definition) is 7. The number of carbonyl (C=O) groups excluding carboxylic acids is 1. The van der Waals surface area contributed by atoms with Crippen LogP contribution >= 0.6 is 11.3 Å². The van der Waals surface area contributed by atoms with Gasteiger partial charge in [0.2, 0.25) is 5.89 Å². The number of ether oxygens (including phenoxy) is 2. The fourth-order valence-corrected chi connectivity index (χ4v) is 2.61. The molecule has 0 aliphatic carbocycles. The molecule has 0 radical (unpaired) electrons. The van der Waals surface area contributed by atoms with Crippen LogP contribution in [0.25, 0.3) is 10.8 Å². The summed E-state index contributed by atoms with van der Waals surface area (Å²) in [5.41, 5.74) is 0.524. The van der Waals surface area contributed by atoms with E-state index in [9.17, 15) is 9.90 Å². The number of aromatic nitrogens is 1. The van der Waals surface area contributed by atoms with Gasteiger partial charge in [-0.2, -0.15) is 0 Å². The third-order valence-electron chi connectivity index (χ3n) is 3.07. The number of carbonyl (C=O) groups is 1. The molecule has 6 nitrogen and oxygen atoms in total. The molecule has 0 spiro atoms. The Morgan fingerprint density at radius 3 is 2.96 bits per heavy atom. The lowest BCUT2D eigenvalue weighted by atomic mass is 10.2. The number of aromatic hydroxyl groups is 1. The number of oxazole rings is 1. The number of phenolic OH excluding ortho intramolecular Hbond substituents is 1. The molecule has 0 aliphatic rings. The van der Waals surface area contributed by atoms with Gasteiger partial charge in [-0.1, -0.05) is 12.1 Å². The van der Waals surface area contributed by atoms with Gasteiger partial charge in [-0.25, -0.2) is 9.78 Å². The molecular formula is C16H13NO5S. The van der Waals surface area contributed by atoms with Crippen molar-refractivity contribution in [3.63, 3.8) is 0 Å². The first-order chi connectivity index (χ1) is 11.2. The molecule has 3 aromatic rings. The van der Waals surface area contributed by atoms with Crippen molar-refractivity contribution in [1.29, 1.82) is 0 Å². The van der Waals surface area contributed by atoms with Crippen LogP contribution in [0.15, 0.2) is 46.4 Å². The largest absolute Gasteiger partial charge is 0.504 e. The van der Waals surface area contributed by atoms with E-state index in [1.165, 1.54) is 30.8 Å². The molecule has 0 bridgehead atoms. The van der Waals surface area contributed by atoms with E-state index in [-0.39, 0.29) is 23.7 Å². The minimum atomic E-state index is -0.665. The van der Waals surface area contributed by atoms with Crippen LogP contribution in [0.4, 0.5) is 0 Å². The summed E-state index contributed by atoms with van der Waals surface area (Å²) >= 11 is 1.51. The van der Waals surface area contributed by atoms with E-state index < -0.39 is 5.97 Å². The lowest BCUT2D eigenvalue weighted by molar-refractivity contribution is 0.0464. The Morgan fingerprint density at radius 2 is 2.22 bits per heavy atom. The van der Waals surface area contributed by atoms with Crippen LogP contribution in [0.5, 0.6) is 11.5 Å². The molecule has 1 aromatic carbocycles. The Labute approximate surface area is 135 Å². The van der Waals surface area contributed by atoms with Crippen molar-refractivity contribution in [3.8, 4) is 22.3 Å². The molecule has 2 aromatic heterocycles. The van der Waals surface area contributed by atoms with Crippen LogP contribution in [0.1, 0.15) is 16.1 Å². The van der Waals surface area contributed by atoms with Gasteiger partial charge in [0.25, 0.3) is 0 Å². The van der Waals surface area contributed by atoms with Crippen LogP contribution in [0, 0.1) is 0 Å². The number of hydrogen-bond donors (Lipinski definition) is 1. The zero-order chi connectivity index (χ0) is 16.2. The smallest absolute Gasteiger partial charge is 0.342 e. The van der Waals surface area contributed by atoms with Gasteiger partial charge in [0.15, 0.2) is 11.5 Å². The van der Waals surface area contributed by atoms with E-state index in [2.05, 4.69) is 4.98 Å². The number of methoxy groups -OCH3 is 1. The number of para-hydroxylation sites is 1. The highest BCUT2D eigenvalue weighted by molar-refractivity contribution is 7.13. The number of thiophene rings is 1. The van der Waals surface area contributed by atoms with Crippen molar-refractivity contribution < 1.29 is 23.8 Å². The molecular weight excluding hydrogens is 318 g/mol. The fraction of sp³-hybridized carbons (Fsp3) is 0.125. The van der Waals surface area contributed by atoms with E-state index in [4.69, 9.17) is 13.9 Å². The highest BCUT2D eigenvalue weighted by Gasteiger charge is 2.17. The fourth-order valence-electron chi connectivity index (χ4n) is 1.96. The lowest BCUT2D eigenvalue weighted by Gasteiger charge is -2.08. The van der Waals surface area contributed by atoms with Crippen LogP contribution in [-0.4, -0.2) is 23.2 Å². The third-order valence-corrected chi connectivity index (χ3v) is 3.93. The van der Waals surface area contributed by atoms with Crippen molar-refractivity contribution in [1.82, 2.24) is 4.98 Å². The maximum Gasteiger partial charge on any atom is 0.342 e. The predicted molar refractivity (Wildman–Crippen MR) is 83.6 cm³/mol. The summed E-state index contributed by atoms with van der Waals surface area (Å²) in [5, 5.41) is 11.8. The molecule has 0 fully saturated rings. The van der Waals surface area contributed by atoms with E-state index in [0.29, 0.717) is 11.6 Å². The minimum Gasteiger partial charge on any atom is -0.504 e. The molecule has 0 aliphatic heterocycles. The first-order valence-electron chi connectivity index (χ1n) is 6.70. The SMILES string of the molecule is COc1cccc(C(=O)OCc2coc(-c3cccs3)n2)c1O. The quantitative estimate of drug-likeness (QED) is 0.721. The Balaban J connectivity index is 1.68. The van der Waals surface area contributed by atoms with Crippen molar-refractivity contribution in [2.45, 2.75) is 6.61 Å². The van der Waals surface area contributed by atoms with E-state index in [0.717, 1.165) is 4.88 Å². The van der Waals surface area contributed by atoms with Gasteiger partial charge in [0.05, 0.1) is 12.0 Å². The van der Waals surface area contributed by atoms with Crippen molar-refractivity contribution >= 4 is 17.3 Å². The van der Waals surface area contributed by atoms with Gasteiger partial charge < -0.3 is 19.0 Å². The third kappa shape index (κ3) is 3.19. The summed E-state index contributed by atoms with van der Waals surface area (Å²) in [4.78, 5) is 17.2. The van der Waals surface area contributed by atoms with E-state index in [1.54, 1.807) is 12.1 Å². The van der Waals surface area contributed by atoms with Gasteiger partial charge in [-0.3, -0.25) is 0 Å². The van der Waals surface area contributed by atoms with Crippen LogP contribution < -0.4 is 4.74 Å². The summed E-state index contributed by atoms with van der Waals surface area (Å²) in [5.74, 6) is -0.224. The molecule has 0 unspecified atom stereocenters. The number of benzene rings is 1. The molecule has 0 saturated carbocycles. The van der Waals surface area contributed by atoms with Gasteiger partial charge in [0.1, 0.15) is 24.1 Å². The maximum atomic E-state index is 12.0. The molecule has 0 amide bonds. The summed E-state index contributed by atoms with van der Waals surface area (Å²) in [6, 6.07) is 8.40. The van der Waals surface area contributed by atoms with E-state index >= 15 is 0 Å². The topological polar surface area (TPSA) is 81.8 Å². The van der Waals surface area contributed by atoms with Crippen LogP contribution in [0.3, 0.4) is 0 Å². The number of rotatable bonds is 5. The number of phenols is 1. The second-order valence-electron chi connectivity index (χ2n) is 4.55. The summed E-state index contributed by atoms with van der Waals surface area (Å²) in [7, 11) is 1.41. The van der Waals surface area contributed by atoms with Crippen molar-refractivity contribution in [2.75, 3.05) is 7.11 Å². The number of nitrogens with zero attached hydrogens (tertiary/aromatic N) is 1. The standard InChI is InChI=1S/C16H13NO5S/c1-20-12-5-2-4-11(14(12)18)16(19)22-9-10-8-21-15(17-10)13-6-3-7-23-13/h2-8,18H,9H2,1H3. The monoisotopic (exact) mass is 331 g/mol. The van der Waals surface area contributed by atoms with Gasteiger partial charge in [0, 0.05) is 0 Å². The molecule has 0 atom stereocenters. The normalized spacial score (nSPS) is 10.5. The van der Waals surface area contributed by atoms with Crippen molar-refractivity contribution in [3.05, 3.63) is 53.2 Å². The zero-order valence-electron chi connectivity index (χ0n) is 12.2. The Morgan fingerprint density at radius 1 is 1.35 bits per heavy atom. The average molecular weight is 331 g/mol. The van der Waals surface area contributed by atoms with E-state index in [1.807, 2.05) is 17.5 Å².